The van der Waals surface area contributed by atoms with Gasteiger partial charge >= 0.3 is 0 Å². The Balaban J connectivity index is 2.29. The van der Waals surface area contributed by atoms with Gasteiger partial charge < -0.3 is 0 Å². The summed E-state index contributed by atoms with van der Waals surface area (Å²) in [6, 6.07) is 10.3. The minimum Gasteiger partial charge on any atom is -0.299 e. The number of anilines is 1. The molecule has 0 radical (unpaired) electrons. The zero-order chi connectivity index (χ0) is 13.9. The molecule has 0 aromatic heterocycles. The van der Waals surface area contributed by atoms with Crippen LogP contribution in [0, 0.1) is 0 Å². The van der Waals surface area contributed by atoms with Crippen molar-refractivity contribution >= 4 is 25.4 Å². The molecule has 2 rings (SSSR count). The summed E-state index contributed by atoms with van der Waals surface area (Å²) in [5, 5.41) is 4.82. The first-order valence-electron chi connectivity index (χ1n) is 6.90. The van der Waals surface area contributed by atoms with Crippen molar-refractivity contribution in [3.05, 3.63) is 30.3 Å². The first-order valence-corrected chi connectivity index (χ1v) is 10.3. The van der Waals surface area contributed by atoms with Gasteiger partial charge in [-0.05, 0) is 44.6 Å². The van der Waals surface area contributed by atoms with Crippen LogP contribution in [-0.4, -0.2) is 19.7 Å². The third-order valence-corrected chi connectivity index (χ3v) is 4.83. The van der Waals surface area contributed by atoms with Gasteiger partial charge in [-0.3, -0.25) is 9.47 Å². The zero-order valence-corrected chi connectivity index (χ0v) is 13.0. The first-order chi connectivity index (χ1) is 8.97. The van der Waals surface area contributed by atoms with Gasteiger partial charge in [0.2, 0.25) is 0 Å². The molecule has 0 saturated heterocycles. The quantitative estimate of drug-likeness (QED) is 0.620. The number of ketones is 1. The molecule has 0 heterocycles. The summed E-state index contributed by atoms with van der Waals surface area (Å²) < 4.78 is 2.17. The Hall–Kier alpha value is -1.42. The second-order valence-electron chi connectivity index (χ2n) is 6.05. The molecule has 1 aliphatic rings. The van der Waals surface area contributed by atoms with Gasteiger partial charge in [0.1, 0.15) is 5.78 Å². The van der Waals surface area contributed by atoms with Crippen molar-refractivity contribution < 1.29 is 4.79 Å². The Morgan fingerprint density at radius 1 is 1.11 bits per heavy atom. The fraction of sp³-hybridized carbons (Fsp3) is 0.467. The van der Waals surface area contributed by atoms with Crippen LogP contribution in [0.1, 0.15) is 25.7 Å². The number of hydrazone groups is 1. The second kappa shape index (κ2) is 5.69. The Bertz CT molecular complexity index is 477. The van der Waals surface area contributed by atoms with Crippen LogP contribution in [0.15, 0.2) is 35.4 Å². The molecule has 0 N–H and O–H groups in total. The molecule has 1 fully saturated rings. The van der Waals surface area contributed by atoms with Crippen LogP contribution in [0.3, 0.4) is 0 Å². The molecule has 1 aliphatic carbocycles. The van der Waals surface area contributed by atoms with E-state index in [-0.39, 0.29) is 0 Å². The van der Waals surface area contributed by atoms with E-state index in [1.807, 2.05) is 18.2 Å². The van der Waals surface area contributed by atoms with Gasteiger partial charge in [-0.1, -0.05) is 18.2 Å². The van der Waals surface area contributed by atoms with Crippen LogP contribution < -0.4 is 4.67 Å². The molecule has 0 amide bonds. The van der Waals surface area contributed by atoms with E-state index in [2.05, 4.69) is 36.4 Å². The van der Waals surface area contributed by atoms with Crippen LogP contribution in [0.25, 0.3) is 0 Å². The molecular weight excluding hydrogens is 252 g/mol. The minimum absolute atomic E-state index is 0.327. The zero-order valence-electron chi connectivity index (χ0n) is 12.0. The van der Waals surface area contributed by atoms with E-state index in [1.54, 1.807) is 0 Å². The summed E-state index contributed by atoms with van der Waals surface area (Å²) in [5.74, 6) is 0.327. The van der Waals surface area contributed by atoms with E-state index in [0.29, 0.717) is 12.2 Å². The van der Waals surface area contributed by atoms with Crippen molar-refractivity contribution in [1.29, 1.82) is 0 Å². The molecule has 0 bridgehead atoms. The highest BCUT2D eigenvalue weighted by Crippen LogP contribution is 2.23. The lowest BCUT2D eigenvalue weighted by molar-refractivity contribution is -0.118. The molecule has 102 valence electrons. The number of hydrogen-bond donors (Lipinski definition) is 0. The number of Topliss-reactive ketones (excluding diaryl/α,β-unsaturated/α-hetero) is 1. The van der Waals surface area contributed by atoms with Gasteiger partial charge in [-0.25, -0.2) is 0 Å². The van der Waals surface area contributed by atoms with Crippen LogP contribution in [0.5, 0.6) is 0 Å². The molecule has 1 saturated carbocycles. The van der Waals surface area contributed by atoms with Crippen LogP contribution in [0.2, 0.25) is 19.6 Å². The van der Waals surface area contributed by atoms with E-state index in [4.69, 9.17) is 5.10 Å². The molecule has 0 aliphatic heterocycles. The van der Waals surface area contributed by atoms with E-state index in [0.717, 1.165) is 30.7 Å². The van der Waals surface area contributed by atoms with Crippen molar-refractivity contribution in [2.24, 2.45) is 5.10 Å². The lowest BCUT2D eigenvalue weighted by atomic mass is 9.97. The summed E-state index contributed by atoms with van der Waals surface area (Å²) in [7, 11) is -1.60. The van der Waals surface area contributed by atoms with Gasteiger partial charge in [0.15, 0.2) is 8.24 Å². The highest BCUT2D eigenvalue weighted by Gasteiger charge is 2.26. The maximum absolute atomic E-state index is 11.6. The maximum Gasteiger partial charge on any atom is 0.176 e. The summed E-state index contributed by atoms with van der Waals surface area (Å²) in [6.45, 7) is 6.82. The first kappa shape index (κ1) is 14.0. The van der Waals surface area contributed by atoms with Gasteiger partial charge in [0, 0.05) is 24.2 Å². The van der Waals surface area contributed by atoms with E-state index in [1.165, 1.54) is 0 Å². The SMILES string of the molecule is C[Si](C)(C)N(/N=C1/CCCC(=O)C1)c1ccccc1. The van der Waals surface area contributed by atoms with Gasteiger partial charge in [-0.2, -0.15) is 5.10 Å². The predicted octanol–water partition coefficient (Wildman–Crippen LogP) is 3.83. The molecule has 0 unspecified atom stereocenters. The normalized spacial score (nSPS) is 18.7. The molecule has 1 aromatic rings. The number of nitrogens with zero attached hydrogens (tertiary/aromatic N) is 2. The Kier molecular flexibility index (Phi) is 4.19. The van der Waals surface area contributed by atoms with Gasteiger partial charge in [-0.15, -0.1) is 0 Å². The summed E-state index contributed by atoms with van der Waals surface area (Å²) >= 11 is 0. The smallest absolute Gasteiger partial charge is 0.176 e. The number of benzene rings is 1. The van der Waals surface area contributed by atoms with Crippen molar-refractivity contribution in [3.8, 4) is 0 Å². The number of carbonyl (C=O) groups excluding carboxylic acids is 1. The average Bonchev–Trinajstić information content (AvgIpc) is 2.36. The third kappa shape index (κ3) is 3.77. The monoisotopic (exact) mass is 274 g/mol. The highest BCUT2D eigenvalue weighted by molar-refractivity contribution is 6.79. The fourth-order valence-electron chi connectivity index (χ4n) is 2.28. The third-order valence-electron chi connectivity index (χ3n) is 3.20. The average molecular weight is 274 g/mol. The second-order valence-corrected chi connectivity index (χ2v) is 10.8. The van der Waals surface area contributed by atoms with Gasteiger partial charge in [0.25, 0.3) is 0 Å². The van der Waals surface area contributed by atoms with Crippen LogP contribution in [-0.2, 0) is 4.79 Å². The fourth-order valence-corrected chi connectivity index (χ4v) is 3.65. The molecular formula is C15H22N2OSi. The molecule has 3 nitrogen and oxygen atoms in total. The summed E-state index contributed by atoms with van der Waals surface area (Å²) in [4.78, 5) is 11.6. The molecule has 1 aromatic carbocycles. The lowest BCUT2D eigenvalue weighted by Crippen LogP contribution is -2.43. The number of para-hydroxylation sites is 1. The Morgan fingerprint density at radius 2 is 1.79 bits per heavy atom. The van der Waals surface area contributed by atoms with Crippen molar-refractivity contribution in [3.63, 3.8) is 0 Å². The number of rotatable bonds is 3. The maximum atomic E-state index is 11.6. The molecule has 0 spiro atoms. The Labute approximate surface area is 116 Å². The van der Waals surface area contributed by atoms with Crippen LogP contribution in [0.4, 0.5) is 5.69 Å². The molecule has 19 heavy (non-hydrogen) atoms. The van der Waals surface area contributed by atoms with Gasteiger partial charge in [0.05, 0.1) is 0 Å². The molecule has 4 heteroatoms. The Morgan fingerprint density at radius 3 is 2.37 bits per heavy atom. The van der Waals surface area contributed by atoms with E-state index < -0.39 is 8.24 Å². The van der Waals surface area contributed by atoms with Crippen molar-refractivity contribution in [2.45, 2.75) is 45.3 Å². The number of hydrogen-bond acceptors (Lipinski definition) is 3. The molecule has 0 atom stereocenters. The largest absolute Gasteiger partial charge is 0.299 e. The van der Waals surface area contributed by atoms with E-state index >= 15 is 0 Å². The number of carbonyl (C=O) groups is 1. The predicted molar refractivity (Wildman–Crippen MR) is 83.2 cm³/mol. The highest BCUT2D eigenvalue weighted by atomic mass is 28.3. The van der Waals surface area contributed by atoms with Crippen LogP contribution >= 0.6 is 0 Å². The van der Waals surface area contributed by atoms with Crippen molar-refractivity contribution in [1.82, 2.24) is 0 Å². The standard InChI is InChI=1S/C15H22N2OSi/c1-19(2,3)17(14-9-5-4-6-10-14)16-13-8-7-11-15(18)12-13/h4-6,9-10H,7-8,11-12H2,1-3H3/b16-13-. The van der Waals surface area contributed by atoms with Crippen molar-refractivity contribution in [2.75, 3.05) is 4.67 Å². The topological polar surface area (TPSA) is 32.7 Å². The summed E-state index contributed by atoms with van der Waals surface area (Å²) in [5.41, 5.74) is 2.18. The van der Waals surface area contributed by atoms with E-state index in [9.17, 15) is 4.79 Å². The summed E-state index contributed by atoms with van der Waals surface area (Å²) in [6.07, 6.45) is 3.16. The minimum atomic E-state index is -1.60. The lowest BCUT2D eigenvalue weighted by Gasteiger charge is -2.33.